The van der Waals surface area contributed by atoms with Crippen LogP contribution in [-0.2, 0) is 22.7 Å². The lowest BCUT2D eigenvalue weighted by atomic mass is 10.1. The summed E-state index contributed by atoms with van der Waals surface area (Å²) < 4.78 is 76.5. The number of hydrogen-bond donors (Lipinski definition) is 5. The predicted octanol–water partition coefficient (Wildman–Crippen LogP) is 2.21. The molecular weight excluding hydrogens is 601 g/mol. The maximum atomic E-state index is 12.6. The number of fused-ring (bicyclic) bond motifs is 1. The molecule has 0 spiro atoms. The Morgan fingerprint density at radius 3 is 2.55 bits per heavy atom. The Hall–Kier alpha value is -0.980. The van der Waals surface area contributed by atoms with E-state index in [2.05, 4.69) is 29.1 Å². The standard InChI is InChI=1S/C17H26F3N5O9P2S2/c1-35(28,29)34-36(30,31)32-7-9-11(26)12(27)15(33-9)25-8-22-10-13(21-4-6-37-2)23-16(24-14(10)25)38-5-3-17(18,19)20/h8-9,11-12,15,26-27H,3-7H2,1-2H3,(H,28,29)(H,30,31)(H,21,23,24)/t9-,11-,12-,15?/m1/s1. The second-order valence-electron chi connectivity index (χ2n) is 8.01. The summed E-state index contributed by atoms with van der Waals surface area (Å²) >= 11 is 2.32. The second-order valence-corrected chi connectivity index (χ2v) is 13.5. The fourth-order valence-corrected chi connectivity index (χ4v) is 6.46. The second kappa shape index (κ2) is 12.7. The molecule has 2 aromatic rings. The molecule has 38 heavy (non-hydrogen) atoms. The highest BCUT2D eigenvalue weighted by Crippen LogP contribution is 2.58. The number of nitrogens with zero attached hydrogens (tertiary/aromatic N) is 4. The first-order valence-electron chi connectivity index (χ1n) is 10.8. The molecule has 3 rings (SSSR count). The number of halogens is 3. The summed E-state index contributed by atoms with van der Waals surface area (Å²) in [6.45, 7) is 0.339. The first kappa shape index (κ1) is 31.5. The summed E-state index contributed by atoms with van der Waals surface area (Å²) in [6, 6.07) is 0. The summed E-state index contributed by atoms with van der Waals surface area (Å²) in [5, 5.41) is 24.1. The number of aliphatic hydroxyl groups excluding tert-OH is 2. The summed E-state index contributed by atoms with van der Waals surface area (Å²) in [4.78, 5) is 31.5. The number of alkyl halides is 3. The van der Waals surface area contributed by atoms with Crippen LogP contribution in [0.2, 0.25) is 0 Å². The van der Waals surface area contributed by atoms with Gasteiger partial charge in [0.1, 0.15) is 18.3 Å². The molecule has 5 N–H and O–H groups in total. The van der Waals surface area contributed by atoms with Crippen LogP contribution < -0.4 is 5.32 Å². The van der Waals surface area contributed by atoms with E-state index in [1.54, 1.807) is 11.8 Å². The fourth-order valence-electron chi connectivity index (χ4n) is 3.28. The van der Waals surface area contributed by atoms with Gasteiger partial charge in [0.25, 0.3) is 0 Å². The van der Waals surface area contributed by atoms with Crippen molar-refractivity contribution in [1.82, 2.24) is 19.5 Å². The Bertz CT molecular complexity index is 1200. The summed E-state index contributed by atoms with van der Waals surface area (Å²) in [7, 11) is -9.38. The molecule has 0 saturated carbocycles. The number of thioether (sulfide) groups is 2. The van der Waals surface area contributed by atoms with Crippen LogP contribution in [0, 0.1) is 0 Å². The van der Waals surface area contributed by atoms with E-state index < -0.39 is 59.2 Å². The highest BCUT2D eigenvalue weighted by atomic mass is 32.2. The number of ether oxygens (including phenoxy) is 1. The predicted molar refractivity (Wildman–Crippen MR) is 132 cm³/mol. The molecule has 216 valence electrons. The molecule has 0 radical (unpaired) electrons. The lowest BCUT2D eigenvalue weighted by Gasteiger charge is -2.18. The van der Waals surface area contributed by atoms with Crippen molar-refractivity contribution < 1.29 is 55.9 Å². The summed E-state index contributed by atoms with van der Waals surface area (Å²) in [5.74, 6) is 0.607. The minimum absolute atomic E-state index is 0.00874. The normalized spacial score (nSPS) is 25.4. The Labute approximate surface area is 222 Å². The lowest BCUT2D eigenvalue weighted by molar-refractivity contribution is -0.129. The maximum absolute atomic E-state index is 12.6. The van der Waals surface area contributed by atoms with E-state index >= 15 is 0 Å². The van der Waals surface area contributed by atoms with E-state index in [9.17, 15) is 37.4 Å². The molecule has 21 heteroatoms. The first-order valence-corrected chi connectivity index (χ1v) is 16.7. The van der Waals surface area contributed by atoms with Crippen molar-refractivity contribution in [3.63, 3.8) is 0 Å². The molecule has 0 amide bonds. The van der Waals surface area contributed by atoms with E-state index in [1.165, 1.54) is 10.9 Å². The van der Waals surface area contributed by atoms with Gasteiger partial charge in [-0.1, -0.05) is 11.8 Å². The number of hydrogen-bond acceptors (Lipinski definition) is 13. The third-order valence-electron chi connectivity index (χ3n) is 4.88. The average molecular weight is 627 g/mol. The number of aliphatic hydroxyl groups is 2. The molecule has 3 heterocycles. The van der Waals surface area contributed by atoms with Crippen LogP contribution in [0.4, 0.5) is 19.0 Å². The number of nitrogens with one attached hydrogen (secondary N) is 1. The van der Waals surface area contributed by atoms with Crippen LogP contribution in [0.25, 0.3) is 11.2 Å². The van der Waals surface area contributed by atoms with Gasteiger partial charge >= 0.3 is 21.6 Å². The van der Waals surface area contributed by atoms with E-state index in [0.29, 0.717) is 19.0 Å². The van der Waals surface area contributed by atoms with Crippen molar-refractivity contribution in [2.24, 2.45) is 0 Å². The monoisotopic (exact) mass is 627 g/mol. The number of aromatic nitrogens is 4. The topological polar surface area (TPSA) is 198 Å². The molecule has 6 atom stereocenters. The van der Waals surface area contributed by atoms with Crippen LogP contribution in [-0.4, -0.2) is 102 Å². The van der Waals surface area contributed by atoms with Crippen molar-refractivity contribution >= 4 is 55.9 Å². The van der Waals surface area contributed by atoms with Gasteiger partial charge in [-0.05, 0) is 6.26 Å². The van der Waals surface area contributed by atoms with Gasteiger partial charge in [0.05, 0.1) is 19.4 Å². The molecular formula is C17H26F3N5O9P2S2. The third-order valence-corrected chi connectivity index (χ3v) is 8.86. The number of imidazole rings is 1. The Balaban J connectivity index is 1.84. The Morgan fingerprint density at radius 1 is 1.21 bits per heavy atom. The highest BCUT2D eigenvalue weighted by molar-refractivity contribution is 7.99. The fraction of sp³-hybridized carbons (Fsp3) is 0.706. The van der Waals surface area contributed by atoms with Gasteiger partial charge in [0, 0.05) is 24.7 Å². The van der Waals surface area contributed by atoms with Gasteiger partial charge in [0.15, 0.2) is 28.4 Å². The third kappa shape index (κ3) is 8.76. The largest absolute Gasteiger partial charge is 0.479 e. The minimum atomic E-state index is -5.00. The van der Waals surface area contributed by atoms with Crippen LogP contribution in [0.1, 0.15) is 12.6 Å². The molecule has 1 fully saturated rings. The first-order chi connectivity index (χ1) is 17.6. The van der Waals surface area contributed by atoms with Crippen molar-refractivity contribution in [3.05, 3.63) is 6.33 Å². The van der Waals surface area contributed by atoms with Crippen LogP contribution in [0.3, 0.4) is 0 Å². The van der Waals surface area contributed by atoms with Gasteiger partial charge in [-0.2, -0.15) is 24.9 Å². The summed E-state index contributed by atoms with van der Waals surface area (Å²) in [5.41, 5.74) is 0.313. The van der Waals surface area contributed by atoms with Crippen LogP contribution in [0.5, 0.6) is 0 Å². The van der Waals surface area contributed by atoms with E-state index in [4.69, 9.17) is 9.63 Å². The zero-order valence-corrected chi connectivity index (χ0v) is 23.3. The molecule has 0 bridgehead atoms. The number of phosphoric acid groups is 1. The van der Waals surface area contributed by atoms with E-state index in [0.717, 1.165) is 11.8 Å². The molecule has 14 nitrogen and oxygen atoms in total. The van der Waals surface area contributed by atoms with Crippen LogP contribution >= 0.6 is 38.9 Å². The summed E-state index contributed by atoms with van der Waals surface area (Å²) in [6.07, 6.45) is -8.27. The van der Waals surface area contributed by atoms with Crippen LogP contribution in [0.15, 0.2) is 11.5 Å². The molecule has 2 aromatic heterocycles. The zero-order valence-electron chi connectivity index (χ0n) is 19.9. The van der Waals surface area contributed by atoms with Gasteiger partial charge in [-0.25, -0.2) is 23.8 Å². The quantitative estimate of drug-likeness (QED) is 0.0937. The zero-order chi connectivity index (χ0) is 28.3. The van der Waals surface area contributed by atoms with Gasteiger partial charge in [0.2, 0.25) is 0 Å². The van der Waals surface area contributed by atoms with Gasteiger partial charge in [-0.15, -0.1) is 0 Å². The minimum Gasteiger partial charge on any atom is -0.387 e. The van der Waals surface area contributed by atoms with E-state index in [-0.39, 0.29) is 27.9 Å². The van der Waals surface area contributed by atoms with Gasteiger partial charge in [-0.3, -0.25) is 13.7 Å². The molecule has 1 aliphatic rings. The Kier molecular flexibility index (Phi) is 10.5. The number of phosphoric ester groups is 1. The van der Waals surface area contributed by atoms with Crippen molar-refractivity contribution in [2.75, 3.05) is 42.9 Å². The average Bonchev–Trinajstić information content (AvgIpc) is 3.31. The SMILES string of the molecule is CSCCNc1nc(SCCC(F)(F)F)nc2c1ncn2C1O[C@H](COP(=O)(O)OP(C)(=O)O)[C@@H](O)[C@H]1O. The van der Waals surface area contributed by atoms with Crippen molar-refractivity contribution in [2.45, 2.75) is 42.3 Å². The molecule has 1 aliphatic heterocycles. The number of rotatable bonds is 13. The van der Waals surface area contributed by atoms with E-state index in [1.807, 2.05) is 6.26 Å². The van der Waals surface area contributed by atoms with Crippen molar-refractivity contribution in [3.8, 4) is 0 Å². The maximum Gasteiger partial charge on any atom is 0.479 e. The highest BCUT2D eigenvalue weighted by Gasteiger charge is 2.46. The molecule has 0 aliphatic carbocycles. The Morgan fingerprint density at radius 2 is 1.92 bits per heavy atom. The smallest absolute Gasteiger partial charge is 0.387 e. The lowest BCUT2D eigenvalue weighted by Crippen LogP contribution is -2.33. The molecule has 0 aromatic carbocycles. The van der Waals surface area contributed by atoms with Crippen molar-refractivity contribution in [1.29, 1.82) is 0 Å². The van der Waals surface area contributed by atoms with Gasteiger partial charge < -0.3 is 30.1 Å². The number of anilines is 1. The molecule has 3 unspecified atom stereocenters. The molecule has 1 saturated heterocycles.